The van der Waals surface area contributed by atoms with Crippen LogP contribution in [0.25, 0.3) is 10.8 Å². The summed E-state index contributed by atoms with van der Waals surface area (Å²) in [6, 6.07) is 11.1. The predicted molar refractivity (Wildman–Crippen MR) is 84.7 cm³/mol. The average Bonchev–Trinajstić information content (AvgIpc) is 2.53. The molecule has 1 aliphatic carbocycles. The highest BCUT2D eigenvalue weighted by Gasteiger charge is 2.26. The van der Waals surface area contributed by atoms with Gasteiger partial charge in [-0.2, -0.15) is 0 Å². The molecule has 2 heteroatoms. The van der Waals surface area contributed by atoms with Crippen molar-refractivity contribution in [3.05, 3.63) is 42.2 Å². The molecule has 106 valence electrons. The van der Waals surface area contributed by atoms with E-state index < -0.39 is 0 Å². The van der Waals surface area contributed by atoms with E-state index in [0.717, 1.165) is 12.5 Å². The van der Waals surface area contributed by atoms with Crippen LogP contribution in [-0.4, -0.2) is 11.5 Å². The molecule has 1 saturated carbocycles. The minimum Gasteiger partial charge on any atom is -0.309 e. The van der Waals surface area contributed by atoms with Gasteiger partial charge in [-0.1, -0.05) is 50.5 Å². The lowest BCUT2D eigenvalue weighted by atomic mass is 9.81. The third-order valence-corrected chi connectivity index (χ3v) is 4.54. The molecule has 2 aromatic rings. The standard InChI is InChI=1S/C18H24N2/c1-2-19-17(15-9-4-3-5-10-15)18-16-11-7-6-8-14(16)12-13-20-18/h6-8,11-13,15,17,19H,2-5,9-10H2,1H3. The second kappa shape index (κ2) is 6.36. The number of nitrogens with one attached hydrogen (secondary N) is 1. The number of fused-ring (bicyclic) bond motifs is 1. The van der Waals surface area contributed by atoms with Crippen molar-refractivity contribution in [3.63, 3.8) is 0 Å². The van der Waals surface area contributed by atoms with Crippen molar-refractivity contribution in [2.24, 2.45) is 5.92 Å². The lowest BCUT2D eigenvalue weighted by Crippen LogP contribution is -2.30. The van der Waals surface area contributed by atoms with E-state index >= 15 is 0 Å². The van der Waals surface area contributed by atoms with E-state index in [1.54, 1.807) is 0 Å². The summed E-state index contributed by atoms with van der Waals surface area (Å²) in [5, 5.41) is 6.31. The van der Waals surface area contributed by atoms with Crippen LogP contribution in [0.15, 0.2) is 36.5 Å². The third-order valence-electron chi connectivity index (χ3n) is 4.54. The Balaban J connectivity index is 2.00. The Kier molecular flexibility index (Phi) is 4.31. The second-order valence-electron chi connectivity index (χ2n) is 5.85. The monoisotopic (exact) mass is 268 g/mol. The van der Waals surface area contributed by atoms with E-state index in [1.165, 1.54) is 48.6 Å². The maximum absolute atomic E-state index is 4.74. The molecule has 0 saturated heterocycles. The van der Waals surface area contributed by atoms with Crippen LogP contribution in [0, 0.1) is 5.92 Å². The molecule has 3 rings (SSSR count). The summed E-state index contributed by atoms with van der Waals surface area (Å²) in [7, 11) is 0. The molecule has 0 aliphatic heterocycles. The summed E-state index contributed by atoms with van der Waals surface area (Å²) in [5.74, 6) is 0.738. The van der Waals surface area contributed by atoms with Gasteiger partial charge in [0.15, 0.2) is 0 Å². The van der Waals surface area contributed by atoms with Gasteiger partial charge in [0.25, 0.3) is 0 Å². The van der Waals surface area contributed by atoms with Gasteiger partial charge in [0.05, 0.1) is 11.7 Å². The van der Waals surface area contributed by atoms with Crippen LogP contribution in [0.2, 0.25) is 0 Å². The van der Waals surface area contributed by atoms with Crippen molar-refractivity contribution in [2.45, 2.75) is 45.1 Å². The molecule has 0 amide bonds. The fourth-order valence-electron chi connectivity index (χ4n) is 3.56. The molecule has 1 fully saturated rings. The average molecular weight is 268 g/mol. The maximum atomic E-state index is 4.74. The normalized spacial score (nSPS) is 18.2. The van der Waals surface area contributed by atoms with Crippen LogP contribution in [0.4, 0.5) is 0 Å². The van der Waals surface area contributed by atoms with Gasteiger partial charge in [0, 0.05) is 11.6 Å². The fourth-order valence-corrected chi connectivity index (χ4v) is 3.56. The highest BCUT2D eigenvalue weighted by atomic mass is 14.9. The van der Waals surface area contributed by atoms with E-state index in [0.29, 0.717) is 6.04 Å². The minimum absolute atomic E-state index is 0.409. The van der Waals surface area contributed by atoms with Crippen LogP contribution < -0.4 is 5.32 Å². The van der Waals surface area contributed by atoms with Crippen LogP contribution in [0.5, 0.6) is 0 Å². The first-order valence-electron chi connectivity index (χ1n) is 7.97. The lowest BCUT2D eigenvalue weighted by molar-refractivity contribution is 0.272. The number of aromatic nitrogens is 1. The molecule has 1 aliphatic rings. The van der Waals surface area contributed by atoms with Gasteiger partial charge >= 0.3 is 0 Å². The highest BCUT2D eigenvalue weighted by Crippen LogP contribution is 2.36. The fraction of sp³-hybridized carbons (Fsp3) is 0.500. The Bertz CT molecular complexity index is 553. The molecule has 1 unspecified atom stereocenters. The zero-order valence-corrected chi connectivity index (χ0v) is 12.3. The molecule has 1 aromatic carbocycles. The summed E-state index contributed by atoms with van der Waals surface area (Å²) < 4.78 is 0. The number of hydrogen-bond acceptors (Lipinski definition) is 2. The predicted octanol–water partition coefficient (Wildman–Crippen LogP) is 4.47. The van der Waals surface area contributed by atoms with Gasteiger partial charge in [-0.15, -0.1) is 0 Å². The molecule has 1 N–H and O–H groups in total. The zero-order valence-electron chi connectivity index (χ0n) is 12.3. The van der Waals surface area contributed by atoms with Crippen LogP contribution in [0.3, 0.4) is 0 Å². The first kappa shape index (κ1) is 13.6. The molecular weight excluding hydrogens is 244 g/mol. The van der Waals surface area contributed by atoms with Gasteiger partial charge in [0.2, 0.25) is 0 Å². The van der Waals surface area contributed by atoms with E-state index in [4.69, 9.17) is 4.98 Å². The zero-order chi connectivity index (χ0) is 13.8. The largest absolute Gasteiger partial charge is 0.309 e. The number of hydrogen-bond donors (Lipinski definition) is 1. The molecule has 1 atom stereocenters. The van der Waals surface area contributed by atoms with Gasteiger partial charge in [-0.05, 0) is 36.8 Å². The van der Waals surface area contributed by atoms with E-state index in [-0.39, 0.29) is 0 Å². The molecule has 0 spiro atoms. The Hall–Kier alpha value is -1.41. The Morgan fingerprint density at radius 3 is 2.75 bits per heavy atom. The number of rotatable bonds is 4. The first-order chi connectivity index (χ1) is 9.90. The van der Waals surface area contributed by atoms with Gasteiger partial charge < -0.3 is 5.32 Å². The van der Waals surface area contributed by atoms with Gasteiger partial charge in [-0.25, -0.2) is 0 Å². The summed E-state index contributed by atoms with van der Waals surface area (Å²) in [6.45, 7) is 3.20. The third kappa shape index (κ3) is 2.71. The molecule has 0 bridgehead atoms. The Labute approximate surface area is 121 Å². The van der Waals surface area contributed by atoms with Crippen molar-refractivity contribution < 1.29 is 0 Å². The molecule has 20 heavy (non-hydrogen) atoms. The van der Waals surface area contributed by atoms with Gasteiger partial charge in [0.1, 0.15) is 0 Å². The van der Waals surface area contributed by atoms with Crippen molar-refractivity contribution in [2.75, 3.05) is 6.54 Å². The summed E-state index contributed by atoms with van der Waals surface area (Å²) in [6.07, 6.45) is 8.78. The second-order valence-corrected chi connectivity index (χ2v) is 5.85. The summed E-state index contributed by atoms with van der Waals surface area (Å²) in [4.78, 5) is 4.74. The Morgan fingerprint density at radius 1 is 1.15 bits per heavy atom. The highest BCUT2D eigenvalue weighted by molar-refractivity contribution is 5.84. The van der Waals surface area contributed by atoms with E-state index in [9.17, 15) is 0 Å². The molecule has 2 nitrogen and oxygen atoms in total. The van der Waals surface area contributed by atoms with Gasteiger partial charge in [-0.3, -0.25) is 4.98 Å². The first-order valence-corrected chi connectivity index (χ1v) is 7.97. The van der Waals surface area contributed by atoms with E-state index in [1.807, 2.05) is 6.20 Å². The summed E-state index contributed by atoms with van der Waals surface area (Å²) >= 11 is 0. The van der Waals surface area contributed by atoms with Crippen LogP contribution in [0.1, 0.15) is 50.8 Å². The topological polar surface area (TPSA) is 24.9 Å². The van der Waals surface area contributed by atoms with Crippen LogP contribution >= 0.6 is 0 Å². The minimum atomic E-state index is 0.409. The van der Waals surface area contributed by atoms with E-state index in [2.05, 4.69) is 42.6 Å². The lowest BCUT2D eigenvalue weighted by Gasteiger charge is -2.31. The molecular formula is C18H24N2. The number of nitrogens with zero attached hydrogens (tertiary/aromatic N) is 1. The SMILES string of the molecule is CCNC(c1nccc2ccccc12)C1CCCCC1. The Morgan fingerprint density at radius 2 is 1.95 bits per heavy atom. The molecule has 1 heterocycles. The molecule has 1 aromatic heterocycles. The maximum Gasteiger partial charge on any atom is 0.0654 e. The smallest absolute Gasteiger partial charge is 0.0654 e. The van der Waals surface area contributed by atoms with Crippen molar-refractivity contribution in [1.82, 2.24) is 10.3 Å². The van der Waals surface area contributed by atoms with Crippen LogP contribution in [-0.2, 0) is 0 Å². The summed E-state index contributed by atoms with van der Waals surface area (Å²) in [5.41, 5.74) is 1.25. The quantitative estimate of drug-likeness (QED) is 0.885. The number of pyridine rings is 1. The van der Waals surface area contributed by atoms with Crippen molar-refractivity contribution in [3.8, 4) is 0 Å². The van der Waals surface area contributed by atoms with Crippen molar-refractivity contribution >= 4 is 10.8 Å². The number of benzene rings is 1. The molecule has 0 radical (unpaired) electrons. The van der Waals surface area contributed by atoms with Crippen molar-refractivity contribution in [1.29, 1.82) is 0 Å².